The van der Waals surface area contributed by atoms with Crippen molar-refractivity contribution in [3.8, 4) is 0 Å². The van der Waals surface area contributed by atoms with E-state index in [-0.39, 0.29) is 11.1 Å². The maximum atomic E-state index is 13.4. The molecule has 7 rings (SSSR count). The largest absolute Gasteiger partial charge is 0.612 e. The van der Waals surface area contributed by atoms with Crippen molar-refractivity contribution >= 4 is 16.7 Å². The summed E-state index contributed by atoms with van der Waals surface area (Å²) >= 11 is 0. The predicted octanol–water partition coefficient (Wildman–Crippen LogP) is 3.73. The minimum Gasteiger partial charge on any atom is -0.612 e. The molecule has 1 saturated heterocycles. The second-order valence-electron chi connectivity index (χ2n) is 7.51. The van der Waals surface area contributed by atoms with Crippen molar-refractivity contribution in [3.05, 3.63) is 116 Å². The van der Waals surface area contributed by atoms with Crippen LogP contribution in [0.25, 0.3) is 11.0 Å². The first-order valence-corrected chi connectivity index (χ1v) is 9.48. The van der Waals surface area contributed by atoms with Gasteiger partial charge in [0.05, 0.1) is 10.9 Å². The SMILES string of the molecule is O=c1c2c(oc3ccccc13)C13C=CC(=[N+]([O-])[O-])C=C1C(c1ccccc1)C2OO3. The Bertz CT molecular complexity index is 1350. The zero-order valence-electron chi connectivity index (χ0n) is 15.5. The lowest BCUT2D eigenvalue weighted by Crippen LogP contribution is -2.50. The van der Waals surface area contributed by atoms with Gasteiger partial charge in [0.2, 0.25) is 11.3 Å². The van der Waals surface area contributed by atoms with Gasteiger partial charge in [-0.25, -0.2) is 9.78 Å². The van der Waals surface area contributed by atoms with Crippen LogP contribution in [0.5, 0.6) is 0 Å². The molecule has 7 nitrogen and oxygen atoms in total. The van der Waals surface area contributed by atoms with Gasteiger partial charge in [0.25, 0.3) is 0 Å². The number of hydrogen-bond donors (Lipinski definition) is 0. The number of rotatable bonds is 1. The van der Waals surface area contributed by atoms with E-state index in [0.717, 1.165) is 5.56 Å². The molecule has 1 aromatic heterocycles. The van der Waals surface area contributed by atoms with Gasteiger partial charge in [0, 0.05) is 18.1 Å². The van der Waals surface area contributed by atoms with Crippen LogP contribution >= 0.6 is 0 Å². The van der Waals surface area contributed by atoms with Gasteiger partial charge in [-0.3, -0.25) is 4.79 Å². The Morgan fingerprint density at radius 1 is 1.00 bits per heavy atom. The molecule has 7 heteroatoms. The molecule has 3 unspecified atom stereocenters. The van der Waals surface area contributed by atoms with E-state index in [2.05, 4.69) is 0 Å². The summed E-state index contributed by atoms with van der Waals surface area (Å²) in [5, 5.41) is 23.4. The lowest BCUT2D eigenvalue weighted by atomic mass is 9.66. The fraction of sp³-hybridized carbons (Fsp3) is 0.130. The normalized spacial score (nSPS) is 26.3. The first-order valence-electron chi connectivity index (χ1n) is 9.48. The topological polar surface area (TPSA) is 97.8 Å². The average Bonchev–Trinajstić information content (AvgIpc) is 2.78. The fourth-order valence-electron chi connectivity index (χ4n) is 4.63. The molecular weight excluding hydrogens is 386 g/mol. The van der Waals surface area contributed by atoms with Gasteiger partial charge in [-0.05, 0) is 29.3 Å². The molecule has 1 fully saturated rings. The van der Waals surface area contributed by atoms with Gasteiger partial charge >= 0.3 is 0 Å². The molecular formula is C23H14NO6-. The van der Waals surface area contributed by atoms with E-state index >= 15 is 0 Å². The molecule has 0 amide bonds. The average molecular weight is 400 g/mol. The van der Waals surface area contributed by atoms with E-state index in [1.54, 1.807) is 30.3 Å². The Morgan fingerprint density at radius 2 is 1.77 bits per heavy atom. The van der Waals surface area contributed by atoms with Crippen molar-refractivity contribution < 1.29 is 19.1 Å². The van der Waals surface area contributed by atoms with E-state index in [9.17, 15) is 15.2 Å². The number of allylic oxidation sites excluding steroid dienone is 2. The summed E-state index contributed by atoms with van der Waals surface area (Å²) in [6, 6.07) is 16.5. The molecule has 148 valence electrons. The van der Waals surface area contributed by atoms with E-state index in [1.165, 1.54) is 12.2 Å². The summed E-state index contributed by atoms with van der Waals surface area (Å²) in [4.78, 5) is 24.5. The van der Waals surface area contributed by atoms with Crippen molar-refractivity contribution in [1.29, 1.82) is 0 Å². The molecule has 3 heterocycles. The first-order chi connectivity index (χ1) is 14.6. The van der Waals surface area contributed by atoms with Crippen LogP contribution in [-0.4, -0.2) is 10.6 Å². The quantitative estimate of drug-likeness (QED) is 0.351. The van der Waals surface area contributed by atoms with E-state index in [4.69, 9.17) is 14.2 Å². The first kappa shape index (κ1) is 17.2. The standard InChI is InChI=1S/C23H14NO6/c25-20-15-8-4-5-9-17(15)28-22-19(20)21-18(13-6-2-1-3-7-13)16-12-14(24(26)27)10-11-23(16,22)30-29-21/h1-12,18,21H/q-1. The highest BCUT2D eigenvalue weighted by Crippen LogP contribution is 2.60. The van der Waals surface area contributed by atoms with Crippen molar-refractivity contribution in [2.75, 3.05) is 0 Å². The monoisotopic (exact) mass is 400 g/mol. The third-order valence-electron chi connectivity index (χ3n) is 5.97. The lowest BCUT2D eigenvalue weighted by molar-refractivity contribution is -0.408. The number of nitrogens with zero attached hydrogens (tertiary/aromatic N) is 1. The second kappa shape index (κ2) is 5.91. The fourth-order valence-corrected chi connectivity index (χ4v) is 4.63. The zero-order valence-corrected chi connectivity index (χ0v) is 15.5. The number of hydrogen-bond acceptors (Lipinski definition) is 6. The van der Waals surface area contributed by atoms with Gasteiger partial charge in [-0.2, -0.15) is 4.90 Å². The Morgan fingerprint density at radius 3 is 2.57 bits per heavy atom. The maximum absolute atomic E-state index is 13.4. The number of para-hydroxylation sites is 1. The third kappa shape index (κ3) is 2.10. The zero-order chi connectivity index (χ0) is 20.5. The van der Waals surface area contributed by atoms with Crippen molar-refractivity contribution in [2.24, 2.45) is 0 Å². The highest BCUT2D eigenvalue weighted by Gasteiger charge is 2.60. The van der Waals surface area contributed by atoms with Crippen LogP contribution in [0, 0.1) is 10.4 Å². The van der Waals surface area contributed by atoms with Crippen molar-refractivity contribution in [1.82, 2.24) is 0 Å². The molecule has 3 atom stereocenters. The Balaban J connectivity index is 1.72. The molecule has 30 heavy (non-hydrogen) atoms. The van der Waals surface area contributed by atoms with Gasteiger partial charge in [0.1, 0.15) is 11.7 Å². The van der Waals surface area contributed by atoms with Gasteiger partial charge in [-0.1, -0.05) is 42.5 Å². The smallest absolute Gasteiger partial charge is 0.222 e. The Kier molecular flexibility index (Phi) is 3.39. The van der Waals surface area contributed by atoms with Crippen LogP contribution in [0.4, 0.5) is 0 Å². The second-order valence-corrected chi connectivity index (χ2v) is 7.51. The minimum atomic E-state index is -1.34. The lowest BCUT2D eigenvalue weighted by Gasteiger charge is -2.49. The highest BCUT2D eigenvalue weighted by molar-refractivity contribution is 6.03. The molecule has 3 aromatic rings. The molecule has 4 aliphatic rings. The number of benzene rings is 2. The molecule has 0 radical (unpaired) electrons. The number of fused-ring (bicyclic) bond motifs is 2. The molecule has 1 spiro atoms. The van der Waals surface area contributed by atoms with Crippen molar-refractivity contribution in [2.45, 2.75) is 17.6 Å². The summed E-state index contributed by atoms with van der Waals surface area (Å²) in [6.07, 6.45) is 3.63. The van der Waals surface area contributed by atoms with Crippen LogP contribution in [0.1, 0.15) is 28.9 Å². The maximum Gasteiger partial charge on any atom is 0.222 e. The van der Waals surface area contributed by atoms with Crippen LogP contribution in [-0.2, 0) is 15.4 Å². The molecule has 2 aromatic carbocycles. The molecule has 0 saturated carbocycles. The summed E-state index contributed by atoms with van der Waals surface area (Å²) in [5.41, 5.74) is 0.727. The molecule has 0 N–H and O–H groups in total. The van der Waals surface area contributed by atoms with Crippen LogP contribution in [0.2, 0.25) is 0 Å². The van der Waals surface area contributed by atoms with Gasteiger partial charge in [0.15, 0.2) is 11.2 Å². The van der Waals surface area contributed by atoms with Gasteiger partial charge < -0.3 is 14.8 Å². The van der Waals surface area contributed by atoms with Crippen LogP contribution in [0.15, 0.2) is 87.6 Å². The summed E-state index contributed by atoms with van der Waals surface area (Å²) in [7, 11) is 0. The highest BCUT2D eigenvalue weighted by atomic mass is 17.2. The molecule has 2 bridgehead atoms. The molecule has 2 aliphatic heterocycles. The van der Waals surface area contributed by atoms with E-state index < -0.39 is 22.5 Å². The summed E-state index contributed by atoms with van der Waals surface area (Å²) in [5.74, 6) is -0.115. The Hall–Kier alpha value is -3.68. The Labute approximate surface area is 169 Å². The van der Waals surface area contributed by atoms with Crippen LogP contribution in [0.3, 0.4) is 0 Å². The van der Waals surface area contributed by atoms with Crippen LogP contribution < -0.4 is 5.43 Å². The van der Waals surface area contributed by atoms with E-state index in [0.29, 0.717) is 27.9 Å². The minimum absolute atomic E-state index is 0.0580. The summed E-state index contributed by atoms with van der Waals surface area (Å²) in [6.45, 7) is 0. The third-order valence-corrected chi connectivity index (χ3v) is 5.97. The van der Waals surface area contributed by atoms with E-state index in [1.807, 2.05) is 30.3 Å². The van der Waals surface area contributed by atoms with Crippen molar-refractivity contribution in [3.63, 3.8) is 0 Å². The van der Waals surface area contributed by atoms with Gasteiger partial charge in [-0.15, -0.1) is 0 Å². The summed E-state index contributed by atoms with van der Waals surface area (Å²) < 4.78 is 6.16. The molecule has 2 aliphatic carbocycles. The predicted molar refractivity (Wildman–Crippen MR) is 107 cm³/mol.